The molecule has 0 spiro atoms. The summed E-state index contributed by atoms with van der Waals surface area (Å²) in [6, 6.07) is 1.01. The minimum Gasteiger partial charge on any atom is -0.383 e. The van der Waals surface area contributed by atoms with Gasteiger partial charge in [0.1, 0.15) is 4.90 Å². The summed E-state index contributed by atoms with van der Waals surface area (Å²) in [5.41, 5.74) is -0.510. The molecule has 1 unspecified atom stereocenters. The van der Waals surface area contributed by atoms with Gasteiger partial charge in [-0.15, -0.1) is 0 Å². The fourth-order valence-electron chi connectivity index (χ4n) is 1.69. The molecule has 7 heteroatoms. The van der Waals surface area contributed by atoms with E-state index in [1.807, 2.05) is 13.8 Å². The number of methoxy groups -OCH3 is 1. The molecule has 0 radical (unpaired) electrons. The number of H-pyrrole nitrogens is 1. The highest BCUT2D eigenvalue weighted by Gasteiger charge is 2.29. The van der Waals surface area contributed by atoms with Crippen LogP contribution in [0.3, 0.4) is 0 Å². The first-order valence-corrected chi connectivity index (χ1v) is 7.57. The van der Waals surface area contributed by atoms with Crippen molar-refractivity contribution in [1.82, 2.24) is 9.29 Å². The number of nitrogens with zero attached hydrogens (tertiary/aromatic N) is 1. The quantitative estimate of drug-likeness (QED) is 0.805. The van der Waals surface area contributed by atoms with Crippen molar-refractivity contribution in [1.29, 1.82) is 0 Å². The van der Waals surface area contributed by atoms with E-state index in [0.717, 1.165) is 0 Å². The Kier molecular flexibility index (Phi) is 5.71. The molecule has 19 heavy (non-hydrogen) atoms. The number of aromatic nitrogens is 1. The Labute approximate surface area is 113 Å². The zero-order valence-corrected chi connectivity index (χ0v) is 12.2. The molecule has 0 aliphatic carbocycles. The van der Waals surface area contributed by atoms with E-state index < -0.39 is 15.5 Å². The van der Waals surface area contributed by atoms with Gasteiger partial charge in [0.05, 0.1) is 6.61 Å². The van der Waals surface area contributed by atoms with Crippen molar-refractivity contribution in [2.45, 2.75) is 31.2 Å². The highest BCUT2D eigenvalue weighted by atomic mass is 32.2. The lowest BCUT2D eigenvalue weighted by molar-refractivity contribution is 0.167. The summed E-state index contributed by atoms with van der Waals surface area (Å²) >= 11 is 0. The number of pyridine rings is 1. The van der Waals surface area contributed by atoms with Crippen LogP contribution in [0.4, 0.5) is 0 Å². The third-order valence-corrected chi connectivity index (χ3v) is 5.01. The first kappa shape index (κ1) is 15.9. The van der Waals surface area contributed by atoms with Gasteiger partial charge in [-0.3, -0.25) is 4.79 Å². The van der Waals surface area contributed by atoms with Crippen LogP contribution in [0.1, 0.15) is 20.3 Å². The highest BCUT2D eigenvalue weighted by Crippen LogP contribution is 2.16. The smallest absolute Gasteiger partial charge is 0.248 e. The van der Waals surface area contributed by atoms with Gasteiger partial charge < -0.3 is 9.72 Å². The lowest BCUT2D eigenvalue weighted by Crippen LogP contribution is -2.42. The van der Waals surface area contributed by atoms with E-state index in [0.29, 0.717) is 6.42 Å². The number of ether oxygens (including phenoxy) is 1. The molecule has 108 valence electrons. The van der Waals surface area contributed by atoms with Crippen LogP contribution in [-0.4, -0.2) is 44.0 Å². The van der Waals surface area contributed by atoms with Crippen molar-refractivity contribution in [3.8, 4) is 0 Å². The van der Waals surface area contributed by atoms with Gasteiger partial charge in [0.2, 0.25) is 15.5 Å². The van der Waals surface area contributed by atoms with Crippen molar-refractivity contribution < 1.29 is 13.2 Å². The Morgan fingerprint density at radius 2 is 2.16 bits per heavy atom. The van der Waals surface area contributed by atoms with E-state index in [4.69, 9.17) is 4.74 Å². The zero-order valence-electron chi connectivity index (χ0n) is 11.4. The van der Waals surface area contributed by atoms with Crippen molar-refractivity contribution in [3.05, 3.63) is 28.7 Å². The number of hydrogen-bond donors (Lipinski definition) is 1. The molecule has 0 aliphatic heterocycles. The van der Waals surface area contributed by atoms with E-state index in [-0.39, 0.29) is 24.1 Å². The maximum Gasteiger partial charge on any atom is 0.248 e. The molecule has 0 bridgehead atoms. The number of hydrogen-bond acceptors (Lipinski definition) is 4. The summed E-state index contributed by atoms with van der Waals surface area (Å²) in [6.07, 6.45) is 3.29. The molecular formula is C12H20N2O4S. The van der Waals surface area contributed by atoms with E-state index in [2.05, 4.69) is 4.98 Å². The Hall–Kier alpha value is -1.18. The summed E-state index contributed by atoms with van der Waals surface area (Å²) in [7, 11) is -2.30. The summed E-state index contributed by atoms with van der Waals surface area (Å²) in [5.74, 6) is 0. The lowest BCUT2D eigenvalue weighted by Gasteiger charge is -2.27. The molecule has 1 rings (SSSR count). The van der Waals surface area contributed by atoms with Gasteiger partial charge in [0, 0.05) is 38.2 Å². The topological polar surface area (TPSA) is 79.5 Å². The molecule has 1 atom stereocenters. The molecule has 0 saturated heterocycles. The second kappa shape index (κ2) is 6.83. The predicted molar refractivity (Wildman–Crippen MR) is 72.6 cm³/mol. The Balaban J connectivity index is 3.20. The van der Waals surface area contributed by atoms with Gasteiger partial charge in [-0.2, -0.15) is 4.31 Å². The molecule has 1 aromatic rings. The van der Waals surface area contributed by atoms with Gasteiger partial charge in [-0.1, -0.05) is 6.92 Å². The van der Waals surface area contributed by atoms with Gasteiger partial charge in [-0.05, 0) is 13.3 Å². The Bertz CT molecular complexity index is 553. The van der Waals surface area contributed by atoms with Crippen LogP contribution in [-0.2, 0) is 14.8 Å². The second-order valence-corrected chi connectivity index (χ2v) is 6.10. The lowest BCUT2D eigenvalue weighted by atomic mass is 10.3. The first-order chi connectivity index (χ1) is 8.95. The molecule has 0 aliphatic rings. The minimum absolute atomic E-state index is 0.195. The fraction of sp³-hybridized carbons (Fsp3) is 0.583. The SMILES string of the molecule is CCC(C)N(CCOC)S(=O)(=O)c1c[nH]ccc1=O. The van der Waals surface area contributed by atoms with Gasteiger partial charge in [-0.25, -0.2) is 8.42 Å². The van der Waals surface area contributed by atoms with Crippen LogP contribution in [0.15, 0.2) is 28.2 Å². The predicted octanol–water partition coefficient (Wildman–Crippen LogP) is 0.810. The third-order valence-electron chi connectivity index (χ3n) is 2.97. The molecular weight excluding hydrogens is 268 g/mol. The average Bonchev–Trinajstić information content (AvgIpc) is 2.38. The van der Waals surface area contributed by atoms with Crippen LogP contribution in [0, 0.1) is 0 Å². The largest absolute Gasteiger partial charge is 0.383 e. The van der Waals surface area contributed by atoms with E-state index in [1.165, 1.54) is 29.9 Å². The van der Waals surface area contributed by atoms with Crippen molar-refractivity contribution in [3.63, 3.8) is 0 Å². The summed E-state index contributed by atoms with van der Waals surface area (Å²) in [6.45, 7) is 4.22. The van der Waals surface area contributed by atoms with Crippen molar-refractivity contribution in [2.75, 3.05) is 20.3 Å². The van der Waals surface area contributed by atoms with E-state index in [1.54, 1.807) is 0 Å². The van der Waals surface area contributed by atoms with Gasteiger partial charge >= 0.3 is 0 Å². The molecule has 1 aromatic heterocycles. The molecule has 0 amide bonds. The summed E-state index contributed by atoms with van der Waals surface area (Å²) < 4.78 is 31.3. The Morgan fingerprint density at radius 3 is 2.68 bits per heavy atom. The van der Waals surface area contributed by atoms with E-state index in [9.17, 15) is 13.2 Å². The monoisotopic (exact) mass is 288 g/mol. The van der Waals surface area contributed by atoms with Crippen LogP contribution in [0.25, 0.3) is 0 Å². The van der Waals surface area contributed by atoms with Crippen molar-refractivity contribution in [2.24, 2.45) is 0 Å². The fourth-order valence-corrected chi connectivity index (χ4v) is 3.42. The van der Waals surface area contributed by atoms with Crippen LogP contribution in [0.2, 0.25) is 0 Å². The molecule has 0 fully saturated rings. The van der Waals surface area contributed by atoms with Crippen molar-refractivity contribution >= 4 is 10.0 Å². The number of nitrogens with one attached hydrogen (secondary N) is 1. The number of aromatic amines is 1. The molecule has 6 nitrogen and oxygen atoms in total. The maximum atomic E-state index is 12.5. The first-order valence-electron chi connectivity index (χ1n) is 6.13. The average molecular weight is 288 g/mol. The van der Waals surface area contributed by atoms with Crippen LogP contribution < -0.4 is 5.43 Å². The normalized spacial score (nSPS) is 13.7. The van der Waals surface area contributed by atoms with Gasteiger partial charge in [0.15, 0.2) is 0 Å². The molecule has 0 saturated carbocycles. The standard InChI is InChI=1S/C12H20N2O4S/c1-4-10(2)14(7-8-18-3)19(16,17)12-9-13-6-5-11(12)15/h5-6,9-10H,4,7-8H2,1-3H3,(H,13,15). The summed E-state index contributed by atoms with van der Waals surface area (Å²) in [4.78, 5) is 14.1. The van der Waals surface area contributed by atoms with Crippen LogP contribution >= 0.6 is 0 Å². The van der Waals surface area contributed by atoms with Crippen LogP contribution in [0.5, 0.6) is 0 Å². The molecule has 0 aromatic carbocycles. The summed E-state index contributed by atoms with van der Waals surface area (Å²) in [5, 5.41) is 0. The number of rotatable bonds is 7. The zero-order chi connectivity index (χ0) is 14.5. The molecule has 1 N–H and O–H groups in total. The highest BCUT2D eigenvalue weighted by molar-refractivity contribution is 7.89. The molecule has 1 heterocycles. The van der Waals surface area contributed by atoms with Gasteiger partial charge in [0.25, 0.3) is 0 Å². The minimum atomic E-state index is -3.81. The number of sulfonamides is 1. The second-order valence-electron chi connectivity index (χ2n) is 4.24. The third kappa shape index (κ3) is 3.65. The van der Waals surface area contributed by atoms with E-state index >= 15 is 0 Å². The maximum absolute atomic E-state index is 12.5. The Morgan fingerprint density at radius 1 is 1.47 bits per heavy atom.